The van der Waals surface area contributed by atoms with Gasteiger partial charge in [-0.05, 0) is 25.2 Å². The van der Waals surface area contributed by atoms with Crippen molar-refractivity contribution < 1.29 is 8.42 Å². The predicted octanol–water partition coefficient (Wildman–Crippen LogP) is 0.997. The van der Waals surface area contributed by atoms with Gasteiger partial charge in [-0.2, -0.15) is 4.31 Å². The average Bonchev–Trinajstić information content (AvgIpc) is 2.64. The van der Waals surface area contributed by atoms with E-state index in [4.69, 9.17) is 11.6 Å². The molecule has 70 valence electrons. The summed E-state index contributed by atoms with van der Waals surface area (Å²) in [6.45, 7) is 0.708. The zero-order chi connectivity index (χ0) is 8.77. The Morgan fingerprint density at radius 3 is 2.58 bits per heavy atom. The number of nitrogens with zero attached hydrogens (tertiary/aromatic N) is 1. The summed E-state index contributed by atoms with van der Waals surface area (Å²) in [4.78, 5) is 0. The van der Waals surface area contributed by atoms with Gasteiger partial charge in [-0.25, -0.2) is 8.42 Å². The number of hydrogen-bond acceptors (Lipinski definition) is 2. The molecule has 0 spiro atoms. The lowest BCUT2D eigenvalue weighted by Crippen LogP contribution is -2.38. The van der Waals surface area contributed by atoms with E-state index in [-0.39, 0.29) is 11.3 Å². The van der Waals surface area contributed by atoms with E-state index in [0.717, 1.165) is 12.8 Å². The van der Waals surface area contributed by atoms with E-state index in [0.29, 0.717) is 12.5 Å². The monoisotopic (exact) mass is 209 g/mol. The summed E-state index contributed by atoms with van der Waals surface area (Å²) in [5.41, 5.74) is 0. The molecule has 2 rings (SSSR count). The highest BCUT2D eigenvalue weighted by Crippen LogP contribution is 2.39. The van der Waals surface area contributed by atoms with Crippen LogP contribution in [0.2, 0.25) is 0 Å². The molecule has 1 aliphatic carbocycles. The third-order valence-corrected chi connectivity index (χ3v) is 5.12. The Morgan fingerprint density at radius 2 is 2.17 bits per heavy atom. The first-order chi connectivity index (χ1) is 5.63. The van der Waals surface area contributed by atoms with Gasteiger partial charge in [-0.3, -0.25) is 0 Å². The van der Waals surface area contributed by atoms with Crippen molar-refractivity contribution in [2.45, 2.75) is 25.3 Å². The Morgan fingerprint density at radius 1 is 1.42 bits per heavy atom. The number of fused-ring (bicyclic) bond motifs is 2. The molecule has 2 unspecified atom stereocenters. The quantitative estimate of drug-likeness (QED) is 0.637. The second-order valence-electron chi connectivity index (χ2n) is 3.62. The van der Waals surface area contributed by atoms with E-state index in [1.165, 1.54) is 6.42 Å². The van der Waals surface area contributed by atoms with Crippen LogP contribution in [0.3, 0.4) is 0 Å². The molecule has 1 aliphatic heterocycles. The van der Waals surface area contributed by atoms with Crippen molar-refractivity contribution in [3.8, 4) is 0 Å². The zero-order valence-electron chi connectivity index (χ0n) is 6.74. The maximum absolute atomic E-state index is 11.4. The van der Waals surface area contributed by atoms with E-state index in [1.54, 1.807) is 4.31 Å². The second-order valence-corrected chi connectivity index (χ2v) is 6.13. The van der Waals surface area contributed by atoms with Gasteiger partial charge in [0.05, 0.1) is 0 Å². The van der Waals surface area contributed by atoms with Gasteiger partial charge in [-0.1, -0.05) is 0 Å². The van der Waals surface area contributed by atoms with E-state index in [2.05, 4.69) is 0 Å². The minimum atomic E-state index is -3.13. The molecule has 2 fully saturated rings. The number of piperidine rings is 1. The molecule has 0 aromatic heterocycles. The summed E-state index contributed by atoms with van der Waals surface area (Å²) in [7, 11) is -3.13. The number of sulfonamides is 1. The number of alkyl halides is 1. The molecule has 0 amide bonds. The number of hydrogen-bond donors (Lipinski definition) is 0. The average molecular weight is 210 g/mol. The van der Waals surface area contributed by atoms with Crippen molar-refractivity contribution >= 4 is 21.6 Å². The molecular formula is C7H12ClNO2S. The van der Waals surface area contributed by atoms with Crippen LogP contribution < -0.4 is 0 Å². The molecule has 0 aromatic carbocycles. The van der Waals surface area contributed by atoms with Crippen LogP contribution in [0.5, 0.6) is 0 Å². The van der Waals surface area contributed by atoms with Crippen LogP contribution in [-0.4, -0.2) is 30.5 Å². The van der Waals surface area contributed by atoms with Crippen molar-refractivity contribution in [3.05, 3.63) is 0 Å². The fraction of sp³-hybridized carbons (Fsp3) is 1.00. The highest BCUT2D eigenvalue weighted by molar-refractivity contribution is 7.90. The highest BCUT2D eigenvalue weighted by atomic mass is 35.5. The van der Waals surface area contributed by atoms with Crippen molar-refractivity contribution in [2.24, 2.45) is 5.92 Å². The minimum absolute atomic E-state index is 0.263. The van der Waals surface area contributed by atoms with Gasteiger partial charge in [-0.15, -0.1) is 11.6 Å². The van der Waals surface area contributed by atoms with Crippen LogP contribution in [0, 0.1) is 5.92 Å². The first-order valence-corrected chi connectivity index (χ1v) is 6.33. The second kappa shape index (κ2) is 2.86. The fourth-order valence-corrected chi connectivity index (χ4v) is 3.87. The van der Waals surface area contributed by atoms with Crippen LogP contribution in [-0.2, 0) is 10.0 Å². The summed E-state index contributed by atoms with van der Waals surface area (Å²) < 4.78 is 24.4. The Kier molecular flexibility index (Phi) is 2.09. The maximum Gasteiger partial charge on any atom is 0.228 e. The third kappa shape index (κ3) is 1.26. The molecule has 1 saturated carbocycles. The molecule has 1 heterocycles. The first-order valence-electron chi connectivity index (χ1n) is 4.19. The summed E-state index contributed by atoms with van der Waals surface area (Å²) in [6, 6.07) is 0.263. The third-order valence-electron chi connectivity index (χ3n) is 2.85. The lowest BCUT2D eigenvalue weighted by atomic mass is 10.1. The predicted molar refractivity (Wildman–Crippen MR) is 47.5 cm³/mol. The van der Waals surface area contributed by atoms with Crippen LogP contribution in [0.1, 0.15) is 19.3 Å². The molecule has 2 bridgehead atoms. The SMILES string of the molecule is O=S(=O)(CCl)N1CC2CCC1C2. The Balaban J connectivity index is 2.17. The standard InChI is InChI=1S/C7H12ClNO2S/c8-5-12(10,11)9-4-6-1-2-7(9)3-6/h6-7H,1-5H2. The number of halogens is 1. The zero-order valence-corrected chi connectivity index (χ0v) is 8.31. The molecule has 5 heteroatoms. The van der Waals surface area contributed by atoms with Crippen molar-refractivity contribution in [1.82, 2.24) is 4.31 Å². The Hall–Kier alpha value is 0.200. The van der Waals surface area contributed by atoms with Crippen LogP contribution in [0.15, 0.2) is 0 Å². The van der Waals surface area contributed by atoms with E-state index >= 15 is 0 Å². The fourth-order valence-electron chi connectivity index (χ4n) is 2.28. The highest BCUT2D eigenvalue weighted by Gasteiger charge is 2.43. The lowest BCUT2D eigenvalue weighted by Gasteiger charge is -2.24. The molecule has 12 heavy (non-hydrogen) atoms. The van der Waals surface area contributed by atoms with Crippen molar-refractivity contribution in [3.63, 3.8) is 0 Å². The smallest absolute Gasteiger partial charge is 0.211 e. The van der Waals surface area contributed by atoms with Crippen LogP contribution >= 0.6 is 11.6 Å². The van der Waals surface area contributed by atoms with Gasteiger partial charge in [0.25, 0.3) is 0 Å². The van der Waals surface area contributed by atoms with E-state index in [9.17, 15) is 8.42 Å². The van der Waals surface area contributed by atoms with E-state index in [1.807, 2.05) is 0 Å². The van der Waals surface area contributed by atoms with Crippen LogP contribution in [0.4, 0.5) is 0 Å². The number of rotatable bonds is 2. The van der Waals surface area contributed by atoms with Gasteiger partial charge in [0.15, 0.2) is 0 Å². The Bertz CT molecular complexity index is 277. The summed E-state index contributed by atoms with van der Waals surface area (Å²) in [6.07, 6.45) is 3.27. The summed E-state index contributed by atoms with van der Waals surface area (Å²) >= 11 is 5.38. The molecule has 0 N–H and O–H groups in total. The topological polar surface area (TPSA) is 37.4 Å². The molecule has 0 radical (unpaired) electrons. The van der Waals surface area contributed by atoms with Gasteiger partial charge in [0, 0.05) is 12.6 Å². The molecule has 1 saturated heterocycles. The lowest BCUT2D eigenvalue weighted by molar-refractivity contribution is 0.335. The van der Waals surface area contributed by atoms with Gasteiger partial charge in [0.1, 0.15) is 5.21 Å². The van der Waals surface area contributed by atoms with Gasteiger partial charge < -0.3 is 0 Å². The van der Waals surface area contributed by atoms with Gasteiger partial charge >= 0.3 is 0 Å². The minimum Gasteiger partial charge on any atom is -0.211 e. The molecule has 2 aliphatic rings. The summed E-state index contributed by atoms with van der Waals surface area (Å²) in [5, 5.41) is -0.268. The van der Waals surface area contributed by atoms with Crippen LogP contribution in [0.25, 0.3) is 0 Å². The Labute approximate surface area is 77.7 Å². The largest absolute Gasteiger partial charge is 0.228 e. The normalized spacial score (nSPS) is 36.1. The summed E-state index contributed by atoms with van der Waals surface area (Å²) in [5.74, 6) is 0.605. The van der Waals surface area contributed by atoms with Crippen molar-refractivity contribution in [2.75, 3.05) is 11.8 Å². The van der Waals surface area contributed by atoms with Crippen molar-refractivity contribution in [1.29, 1.82) is 0 Å². The molecule has 2 atom stereocenters. The maximum atomic E-state index is 11.4. The van der Waals surface area contributed by atoms with Gasteiger partial charge in [0.2, 0.25) is 10.0 Å². The van der Waals surface area contributed by atoms with E-state index < -0.39 is 10.0 Å². The first kappa shape index (κ1) is 8.78. The molecular weight excluding hydrogens is 198 g/mol. The molecule has 0 aromatic rings. The molecule has 3 nitrogen and oxygen atoms in total.